The second-order valence-electron chi connectivity index (χ2n) is 5.54. The molecule has 8 nitrogen and oxygen atoms in total. The van der Waals surface area contributed by atoms with Gasteiger partial charge in [-0.25, -0.2) is 12.7 Å². The first-order valence-corrected chi connectivity index (χ1v) is 9.24. The van der Waals surface area contributed by atoms with Gasteiger partial charge in [0.1, 0.15) is 0 Å². The minimum absolute atomic E-state index is 0.0989. The monoisotopic (exact) mass is 331 g/mol. The lowest BCUT2D eigenvalue weighted by molar-refractivity contribution is -0.130. The molecule has 0 aliphatic carbocycles. The first-order valence-electron chi connectivity index (χ1n) is 7.63. The van der Waals surface area contributed by atoms with Crippen molar-refractivity contribution in [2.24, 2.45) is 4.99 Å². The van der Waals surface area contributed by atoms with E-state index in [1.165, 1.54) is 4.31 Å². The van der Waals surface area contributed by atoms with E-state index in [1.807, 2.05) is 4.90 Å². The number of sulfonamides is 1. The zero-order valence-electron chi connectivity index (χ0n) is 13.3. The van der Waals surface area contributed by atoms with E-state index in [4.69, 9.17) is 0 Å². The normalized spacial score (nSPS) is 22.9. The van der Waals surface area contributed by atoms with Crippen molar-refractivity contribution in [1.82, 2.24) is 19.4 Å². The Morgan fingerprint density at radius 1 is 1.14 bits per heavy atom. The molecule has 0 atom stereocenters. The van der Waals surface area contributed by atoms with Crippen LogP contribution in [-0.2, 0) is 14.8 Å². The maximum atomic E-state index is 11.7. The van der Waals surface area contributed by atoms with E-state index in [0.29, 0.717) is 39.1 Å². The summed E-state index contributed by atoms with van der Waals surface area (Å²) >= 11 is 0. The van der Waals surface area contributed by atoms with E-state index in [-0.39, 0.29) is 11.7 Å². The smallest absolute Gasteiger partial charge is 0.219 e. The van der Waals surface area contributed by atoms with Gasteiger partial charge in [-0.15, -0.1) is 0 Å². The summed E-state index contributed by atoms with van der Waals surface area (Å²) in [7, 11) is -1.32. The van der Waals surface area contributed by atoms with Gasteiger partial charge in [-0.2, -0.15) is 0 Å². The Balaban J connectivity index is 1.78. The molecule has 9 heteroatoms. The van der Waals surface area contributed by atoms with Gasteiger partial charge in [0.2, 0.25) is 15.9 Å². The minimum Gasteiger partial charge on any atom is -0.355 e. The van der Waals surface area contributed by atoms with E-state index in [0.717, 1.165) is 19.0 Å². The summed E-state index contributed by atoms with van der Waals surface area (Å²) in [6, 6.07) is 0. The lowest BCUT2D eigenvalue weighted by Gasteiger charge is -2.36. The standard InChI is InChI=1S/C13H25N5O3S/c1-12(19)16-7-9-17(10-8-16)13(14-2)15-4-6-18-5-3-11-22(18,20)21/h3-11H2,1-2H3,(H,14,15). The summed E-state index contributed by atoms with van der Waals surface area (Å²) < 4.78 is 25.0. The maximum Gasteiger partial charge on any atom is 0.219 e. The van der Waals surface area contributed by atoms with Gasteiger partial charge in [0.05, 0.1) is 5.75 Å². The molecule has 22 heavy (non-hydrogen) atoms. The van der Waals surface area contributed by atoms with Gasteiger partial charge in [0.15, 0.2) is 5.96 Å². The molecule has 2 aliphatic rings. The molecule has 0 aromatic carbocycles. The number of aliphatic imine (C=N–C) groups is 1. The Kier molecular flexibility index (Phi) is 5.63. The molecule has 2 rings (SSSR count). The number of amides is 1. The van der Waals surface area contributed by atoms with Gasteiger partial charge in [0, 0.05) is 59.8 Å². The fourth-order valence-corrected chi connectivity index (χ4v) is 4.33. The summed E-state index contributed by atoms with van der Waals surface area (Å²) in [5, 5.41) is 3.21. The maximum absolute atomic E-state index is 11.7. The summed E-state index contributed by atoms with van der Waals surface area (Å²) in [4.78, 5) is 19.5. The van der Waals surface area contributed by atoms with E-state index in [2.05, 4.69) is 15.2 Å². The first kappa shape index (κ1) is 17.0. The van der Waals surface area contributed by atoms with Crippen molar-refractivity contribution in [3.8, 4) is 0 Å². The molecule has 2 heterocycles. The van der Waals surface area contributed by atoms with E-state index in [9.17, 15) is 13.2 Å². The molecule has 2 fully saturated rings. The summed E-state index contributed by atoms with van der Waals surface area (Å²) in [6.45, 7) is 6.06. The SMILES string of the molecule is CN=C(NCCN1CCCS1(=O)=O)N1CCN(C(C)=O)CC1. The topological polar surface area (TPSA) is 85.3 Å². The molecule has 2 aliphatic heterocycles. The molecule has 2 saturated heterocycles. The highest BCUT2D eigenvalue weighted by Gasteiger charge is 2.27. The van der Waals surface area contributed by atoms with E-state index >= 15 is 0 Å². The first-order chi connectivity index (χ1) is 10.4. The Bertz CT molecular complexity index is 526. The number of hydrogen-bond donors (Lipinski definition) is 1. The Hall–Kier alpha value is -1.35. The molecule has 126 valence electrons. The fraction of sp³-hybridized carbons (Fsp3) is 0.846. The summed E-state index contributed by atoms with van der Waals surface area (Å²) in [5.41, 5.74) is 0. The predicted molar refractivity (Wildman–Crippen MR) is 85.2 cm³/mol. The van der Waals surface area contributed by atoms with Gasteiger partial charge in [-0.05, 0) is 6.42 Å². The van der Waals surface area contributed by atoms with Crippen molar-refractivity contribution in [3.05, 3.63) is 0 Å². The van der Waals surface area contributed by atoms with E-state index < -0.39 is 10.0 Å². The predicted octanol–water partition coefficient (Wildman–Crippen LogP) is -1.24. The molecule has 1 amide bonds. The van der Waals surface area contributed by atoms with Crippen LogP contribution in [0.15, 0.2) is 4.99 Å². The van der Waals surface area contributed by atoms with Crippen molar-refractivity contribution < 1.29 is 13.2 Å². The molecular weight excluding hydrogens is 306 g/mol. The molecule has 0 radical (unpaired) electrons. The molecule has 0 unspecified atom stereocenters. The second kappa shape index (κ2) is 7.28. The average Bonchev–Trinajstić information content (AvgIpc) is 2.82. The van der Waals surface area contributed by atoms with Gasteiger partial charge < -0.3 is 15.1 Å². The zero-order valence-corrected chi connectivity index (χ0v) is 14.1. The lowest BCUT2D eigenvalue weighted by atomic mass is 10.3. The number of rotatable bonds is 3. The van der Waals surface area contributed by atoms with Crippen LogP contribution in [0, 0.1) is 0 Å². The molecule has 0 saturated carbocycles. The lowest BCUT2D eigenvalue weighted by Crippen LogP contribution is -2.54. The number of hydrogen-bond acceptors (Lipinski definition) is 4. The Morgan fingerprint density at radius 3 is 2.27 bits per heavy atom. The third-order valence-corrected chi connectivity index (χ3v) is 6.04. The van der Waals surface area contributed by atoms with Crippen LogP contribution in [0.5, 0.6) is 0 Å². The fourth-order valence-electron chi connectivity index (χ4n) is 2.80. The van der Waals surface area contributed by atoms with Crippen LogP contribution in [0.1, 0.15) is 13.3 Å². The van der Waals surface area contributed by atoms with Crippen LogP contribution in [0.3, 0.4) is 0 Å². The van der Waals surface area contributed by atoms with Gasteiger partial charge >= 0.3 is 0 Å². The van der Waals surface area contributed by atoms with Crippen LogP contribution in [-0.4, -0.2) is 93.0 Å². The van der Waals surface area contributed by atoms with Gasteiger partial charge in [-0.1, -0.05) is 0 Å². The van der Waals surface area contributed by atoms with Gasteiger partial charge in [-0.3, -0.25) is 9.79 Å². The number of carbonyl (C=O) groups is 1. The number of carbonyl (C=O) groups excluding carboxylic acids is 1. The largest absolute Gasteiger partial charge is 0.355 e. The number of piperazine rings is 1. The van der Waals surface area contributed by atoms with Crippen molar-refractivity contribution in [1.29, 1.82) is 0 Å². The number of nitrogens with zero attached hydrogens (tertiary/aromatic N) is 4. The molecule has 0 bridgehead atoms. The quantitative estimate of drug-likeness (QED) is 0.517. The highest BCUT2D eigenvalue weighted by molar-refractivity contribution is 7.89. The van der Waals surface area contributed by atoms with Crippen LogP contribution < -0.4 is 5.32 Å². The number of guanidine groups is 1. The molecular formula is C13H25N5O3S. The highest BCUT2D eigenvalue weighted by atomic mass is 32.2. The van der Waals surface area contributed by atoms with Crippen LogP contribution in [0.2, 0.25) is 0 Å². The Labute approximate surface area is 132 Å². The summed E-state index contributed by atoms with van der Waals surface area (Å²) in [6.07, 6.45) is 0.712. The van der Waals surface area contributed by atoms with Crippen molar-refractivity contribution in [3.63, 3.8) is 0 Å². The van der Waals surface area contributed by atoms with Crippen molar-refractivity contribution >= 4 is 21.9 Å². The molecule has 0 spiro atoms. The molecule has 1 N–H and O–H groups in total. The van der Waals surface area contributed by atoms with Crippen LogP contribution in [0.4, 0.5) is 0 Å². The second-order valence-corrected chi connectivity index (χ2v) is 7.62. The highest BCUT2D eigenvalue weighted by Crippen LogP contribution is 2.11. The third kappa shape index (κ3) is 4.10. The molecule has 0 aromatic rings. The van der Waals surface area contributed by atoms with Crippen molar-refractivity contribution in [2.45, 2.75) is 13.3 Å². The number of nitrogens with one attached hydrogen (secondary N) is 1. The van der Waals surface area contributed by atoms with Crippen LogP contribution in [0.25, 0.3) is 0 Å². The van der Waals surface area contributed by atoms with Gasteiger partial charge in [0.25, 0.3) is 0 Å². The summed E-state index contributed by atoms with van der Waals surface area (Å²) in [5.74, 6) is 1.12. The molecule has 0 aromatic heterocycles. The Morgan fingerprint density at radius 2 is 1.77 bits per heavy atom. The van der Waals surface area contributed by atoms with Crippen molar-refractivity contribution in [2.75, 3.05) is 58.6 Å². The van der Waals surface area contributed by atoms with E-state index in [1.54, 1.807) is 14.0 Å². The average molecular weight is 331 g/mol. The zero-order chi connectivity index (χ0) is 16.2. The van der Waals surface area contributed by atoms with Crippen LogP contribution >= 0.6 is 0 Å². The minimum atomic E-state index is -3.04. The third-order valence-electron chi connectivity index (χ3n) is 4.08.